The van der Waals surface area contributed by atoms with Gasteiger partial charge in [-0.1, -0.05) is 18.2 Å². The summed E-state index contributed by atoms with van der Waals surface area (Å²) < 4.78 is 12.9. The predicted octanol–water partition coefficient (Wildman–Crippen LogP) is 3.82. The first-order chi connectivity index (χ1) is 12.5. The lowest BCUT2D eigenvalue weighted by molar-refractivity contribution is 0.102. The number of nitrogens with one attached hydrogen (secondary N) is 1. The van der Waals surface area contributed by atoms with Crippen LogP contribution in [0.25, 0.3) is 0 Å². The largest absolute Gasteiger partial charge is 0.508 e. The quantitative estimate of drug-likeness (QED) is 0.733. The third-order valence-electron chi connectivity index (χ3n) is 3.90. The van der Waals surface area contributed by atoms with Gasteiger partial charge in [-0.05, 0) is 42.5 Å². The highest BCUT2D eigenvalue weighted by molar-refractivity contribution is 6.04. The molecule has 5 nitrogen and oxygen atoms in total. The van der Waals surface area contributed by atoms with Gasteiger partial charge in [-0.25, -0.2) is 9.37 Å². The van der Waals surface area contributed by atoms with E-state index in [9.17, 15) is 14.3 Å². The van der Waals surface area contributed by atoms with Crippen LogP contribution in [0.15, 0.2) is 66.9 Å². The van der Waals surface area contributed by atoms with Crippen molar-refractivity contribution in [1.29, 1.82) is 0 Å². The van der Waals surface area contributed by atoms with Crippen LogP contribution in [0, 0.1) is 5.82 Å². The van der Waals surface area contributed by atoms with Crippen LogP contribution in [-0.2, 0) is 6.54 Å². The zero-order valence-electron chi connectivity index (χ0n) is 14.2. The lowest BCUT2D eigenvalue weighted by Gasteiger charge is -2.19. The minimum absolute atomic E-state index is 0.231. The number of pyridine rings is 1. The van der Waals surface area contributed by atoms with Crippen LogP contribution in [0.4, 0.5) is 15.9 Å². The summed E-state index contributed by atoms with van der Waals surface area (Å²) in [5, 5.41) is 12.5. The highest BCUT2D eigenvalue weighted by Crippen LogP contribution is 2.20. The number of hydrogen-bond donors (Lipinski definition) is 2. The summed E-state index contributed by atoms with van der Waals surface area (Å²) in [5.41, 5.74) is 1.70. The van der Waals surface area contributed by atoms with Gasteiger partial charge in [-0.3, -0.25) is 4.79 Å². The smallest absolute Gasteiger partial charge is 0.257 e. The molecule has 1 heterocycles. The van der Waals surface area contributed by atoms with Gasteiger partial charge in [-0.15, -0.1) is 0 Å². The Kier molecular flexibility index (Phi) is 5.12. The molecule has 1 amide bonds. The second kappa shape index (κ2) is 7.65. The van der Waals surface area contributed by atoms with Gasteiger partial charge < -0.3 is 15.3 Å². The summed E-state index contributed by atoms with van der Waals surface area (Å²) in [7, 11) is 1.85. The lowest BCUT2D eigenvalue weighted by Crippen LogP contribution is -2.18. The van der Waals surface area contributed by atoms with E-state index in [-0.39, 0.29) is 17.5 Å². The number of halogens is 1. The van der Waals surface area contributed by atoms with Crippen LogP contribution < -0.4 is 10.2 Å². The molecule has 0 saturated heterocycles. The molecule has 0 saturated carbocycles. The number of aromatic nitrogens is 1. The molecule has 2 N–H and O–H groups in total. The number of phenolic OH excluding ortho intramolecular Hbond substituents is 1. The minimum atomic E-state index is -0.360. The van der Waals surface area contributed by atoms with E-state index in [1.165, 1.54) is 30.5 Å². The normalized spacial score (nSPS) is 10.4. The molecule has 0 aliphatic carbocycles. The molecule has 0 radical (unpaired) electrons. The summed E-state index contributed by atoms with van der Waals surface area (Å²) in [4.78, 5) is 18.4. The average Bonchev–Trinajstić information content (AvgIpc) is 2.65. The number of anilines is 2. The van der Waals surface area contributed by atoms with Crippen LogP contribution in [0.2, 0.25) is 0 Å². The summed E-state index contributed by atoms with van der Waals surface area (Å²) in [6.45, 7) is 0.487. The molecule has 0 unspecified atom stereocenters. The third kappa shape index (κ3) is 4.16. The molecule has 0 atom stereocenters. The molecular weight excluding hydrogens is 333 g/mol. The van der Waals surface area contributed by atoms with Crippen molar-refractivity contribution in [3.05, 3.63) is 83.8 Å². The zero-order chi connectivity index (χ0) is 18.5. The van der Waals surface area contributed by atoms with E-state index in [1.807, 2.05) is 24.1 Å². The van der Waals surface area contributed by atoms with Crippen LogP contribution in [-0.4, -0.2) is 23.0 Å². The maximum atomic E-state index is 12.9. The standard InChI is InChI=1S/C20H18FN3O2/c1-24(13-15-4-2-3-5-18(15)25)19-11-6-14(12-22-19)20(26)23-17-9-7-16(21)8-10-17/h2-12,25H,13H2,1H3,(H,23,26). The number of aromatic hydroxyl groups is 1. The molecule has 6 heteroatoms. The van der Waals surface area contributed by atoms with Crippen molar-refractivity contribution in [2.45, 2.75) is 6.54 Å². The Balaban J connectivity index is 1.66. The lowest BCUT2D eigenvalue weighted by atomic mass is 10.2. The number of hydrogen-bond acceptors (Lipinski definition) is 4. The van der Waals surface area contributed by atoms with Gasteiger partial charge in [0.15, 0.2) is 0 Å². The van der Waals surface area contributed by atoms with Gasteiger partial charge in [-0.2, -0.15) is 0 Å². The second-order valence-electron chi connectivity index (χ2n) is 5.85. The van der Waals surface area contributed by atoms with Gasteiger partial charge in [0.25, 0.3) is 5.91 Å². The van der Waals surface area contributed by atoms with Crippen molar-refractivity contribution in [3.63, 3.8) is 0 Å². The van der Waals surface area contributed by atoms with E-state index in [2.05, 4.69) is 10.3 Å². The van der Waals surface area contributed by atoms with Crippen LogP contribution in [0.1, 0.15) is 15.9 Å². The number of phenols is 1. The topological polar surface area (TPSA) is 65.5 Å². The Hall–Kier alpha value is -3.41. The van der Waals surface area contributed by atoms with Crippen LogP contribution in [0.3, 0.4) is 0 Å². The molecule has 3 aromatic rings. The Morgan fingerprint density at radius 2 is 1.85 bits per heavy atom. The molecule has 132 valence electrons. The fourth-order valence-electron chi connectivity index (χ4n) is 2.46. The van der Waals surface area contributed by atoms with Crippen molar-refractivity contribution < 1.29 is 14.3 Å². The van der Waals surface area contributed by atoms with E-state index in [0.29, 0.717) is 23.6 Å². The SMILES string of the molecule is CN(Cc1ccccc1O)c1ccc(C(=O)Nc2ccc(F)cc2)cn1. The Morgan fingerprint density at radius 1 is 1.12 bits per heavy atom. The molecule has 0 aliphatic rings. The molecule has 0 bridgehead atoms. The molecular formula is C20H18FN3O2. The molecule has 2 aromatic carbocycles. The Labute approximate surface area is 150 Å². The minimum Gasteiger partial charge on any atom is -0.508 e. The zero-order valence-corrected chi connectivity index (χ0v) is 14.2. The monoisotopic (exact) mass is 351 g/mol. The summed E-state index contributed by atoms with van der Waals surface area (Å²) >= 11 is 0. The molecule has 3 rings (SSSR count). The van der Waals surface area contributed by atoms with Crippen molar-refractivity contribution >= 4 is 17.4 Å². The van der Waals surface area contributed by atoms with E-state index in [4.69, 9.17) is 0 Å². The summed E-state index contributed by atoms with van der Waals surface area (Å²) in [6.07, 6.45) is 1.48. The number of amides is 1. The highest BCUT2D eigenvalue weighted by Gasteiger charge is 2.10. The molecule has 1 aromatic heterocycles. The fourth-order valence-corrected chi connectivity index (χ4v) is 2.46. The van der Waals surface area contributed by atoms with E-state index >= 15 is 0 Å². The van der Waals surface area contributed by atoms with Crippen molar-refractivity contribution in [3.8, 4) is 5.75 Å². The van der Waals surface area contributed by atoms with Gasteiger partial charge in [0, 0.05) is 31.0 Å². The molecule has 0 spiro atoms. The molecule has 26 heavy (non-hydrogen) atoms. The second-order valence-corrected chi connectivity index (χ2v) is 5.85. The Bertz CT molecular complexity index is 896. The average molecular weight is 351 g/mol. The van der Waals surface area contributed by atoms with Crippen molar-refractivity contribution in [2.24, 2.45) is 0 Å². The Morgan fingerprint density at radius 3 is 2.50 bits per heavy atom. The highest BCUT2D eigenvalue weighted by atomic mass is 19.1. The van der Waals surface area contributed by atoms with E-state index in [0.717, 1.165) is 5.56 Å². The molecule has 0 aliphatic heterocycles. The van der Waals surface area contributed by atoms with Crippen LogP contribution in [0.5, 0.6) is 5.75 Å². The number of carbonyl (C=O) groups excluding carboxylic acids is 1. The van der Waals surface area contributed by atoms with Crippen molar-refractivity contribution in [1.82, 2.24) is 4.98 Å². The number of benzene rings is 2. The number of nitrogens with zero attached hydrogens (tertiary/aromatic N) is 2. The third-order valence-corrected chi connectivity index (χ3v) is 3.90. The maximum Gasteiger partial charge on any atom is 0.257 e. The van der Waals surface area contributed by atoms with E-state index < -0.39 is 0 Å². The number of carbonyl (C=O) groups is 1. The van der Waals surface area contributed by atoms with Gasteiger partial charge in [0.05, 0.1) is 5.56 Å². The summed E-state index contributed by atoms with van der Waals surface area (Å²) in [6, 6.07) is 16.1. The first-order valence-corrected chi connectivity index (χ1v) is 8.04. The maximum absolute atomic E-state index is 12.9. The van der Waals surface area contributed by atoms with Crippen LogP contribution >= 0.6 is 0 Å². The summed E-state index contributed by atoms with van der Waals surface area (Å²) in [5.74, 6) is 0.224. The predicted molar refractivity (Wildman–Crippen MR) is 98.8 cm³/mol. The van der Waals surface area contributed by atoms with Gasteiger partial charge >= 0.3 is 0 Å². The van der Waals surface area contributed by atoms with Crippen molar-refractivity contribution in [2.75, 3.05) is 17.3 Å². The first kappa shape index (κ1) is 17.4. The molecule has 0 fully saturated rings. The number of para-hydroxylation sites is 1. The number of rotatable bonds is 5. The van der Waals surface area contributed by atoms with Gasteiger partial charge in [0.1, 0.15) is 17.4 Å². The first-order valence-electron chi connectivity index (χ1n) is 8.04. The fraction of sp³-hybridized carbons (Fsp3) is 0.100. The van der Waals surface area contributed by atoms with Gasteiger partial charge in [0.2, 0.25) is 0 Å². The van der Waals surface area contributed by atoms with E-state index in [1.54, 1.807) is 24.3 Å².